The van der Waals surface area contributed by atoms with E-state index in [9.17, 15) is 4.79 Å². The average molecular weight is 266 g/mol. The second kappa shape index (κ2) is 4.46. The van der Waals surface area contributed by atoms with Crippen molar-refractivity contribution < 1.29 is 0 Å². The van der Waals surface area contributed by atoms with Crippen LogP contribution in [0.1, 0.15) is 24.6 Å². The molecule has 0 fully saturated rings. The minimum absolute atomic E-state index is 0.148. The Kier molecular flexibility index (Phi) is 2.96. The molecule has 3 heterocycles. The second-order valence-electron chi connectivity index (χ2n) is 4.19. The smallest absolute Gasteiger partial charge is 0.262 e. The Labute approximate surface area is 108 Å². The van der Waals surface area contributed by atoms with Gasteiger partial charge in [0.25, 0.3) is 5.56 Å². The molecule has 2 aromatic heterocycles. The third-order valence-electron chi connectivity index (χ3n) is 3.02. The first-order chi connectivity index (χ1) is 8.29. The maximum absolute atomic E-state index is 12.4. The molecule has 0 N–H and O–H groups in total. The quantitative estimate of drug-likeness (QED) is 0.744. The molecule has 0 saturated heterocycles. The molecule has 2 aromatic rings. The second-order valence-corrected chi connectivity index (χ2v) is 6.37. The van der Waals surface area contributed by atoms with Gasteiger partial charge < -0.3 is 0 Å². The van der Waals surface area contributed by atoms with E-state index in [0.29, 0.717) is 0 Å². The predicted octanol–water partition coefficient (Wildman–Crippen LogP) is 2.91. The highest BCUT2D eigenvalue weighted by molar-refractivity contribution is 7.99. The van der Waals surface area contributed by atoms with Crippen molar-refractivity contribution in [2.45, 2.75) is 37.9 Å². The molecule has 17 heavy (non-hydrogen) atoms. The fraction of sp³-hybridized carbons (Fsp3) is 0.500. The fourth-order valence-corrected chi connectivity index (χ4v) is 4.10. The van der Waals surface area contributed by atoms with E-state index in [2.05, 4.69) is 11.9 Å². The highest BCUT2D eigenvalue weighted by Gasteiger charge is 2.15. The van der Waals surface area contributed by atoms with Crippen molar-refractivity contribution in [3.63, 3.8) is 0 Å². The minimum Gasteiger partial charge on any atom is -0.287 e. The summed E-state index contributed by atoms with van der Waals surface area (Å²) < 4.78 is 1.85. The first kappa shape index (κ1) is 11.3. The number of thiophene rings is 1. The molecule has 3 nitrogen and oxygen atoms in total. The summed E-state index contributed by atoms with van der Waals surface area (Å²) in [6.07, 6.45) is 3.22. The molecule has 3 rings (SSSR count). The van der Waals surface area contributed by atoms with Crippen LogP contribution in [-0.4, -0.2) is 15.3 Å². The van der Waals surface area contributed by atoms with E-state index in [1.54, 1.807) is 23.1 Å². The normalized spacial score (nSPS) is 15.8. The molecule has 0 unspecified atom stereocenters. The van der Waals surface area contributed by atoms with E-state index in [-0.39, 0.29) is 5.56 Å². The molecule has 0 amide bonds. The molecule has 0 aliphatic carbocycles. The third-order valence-corrected chi connectivity index (χ3v) is 5.26. The lowest BCUT2D eigenvalue weighted by atomic mass is 10.3. The average Bonchev–Trinajstić information content (AvgIpc) is 2.60. The molecule has 0 saturated carbocycles. The van der Waals surface area contributed by atoms with Crippen molar-refractivity contribution in [1.82, 2.24) is 9.55 Å². The summed E-state index contributed by atoms with van der Waals surface area (Å²) in [6.45, 7) is 2.93. The van der Waals surface area contributed by atoms with Gasteiger partial charge in [0.1, 0.15) is 4.83 Å². The Bertz CT molecular complexity index is 615. The molecule has 90 valence electrons. The van der Waals surface area contributed by atoms with Crippen molar-refractivity contribution in [3.8, 4) is 0 Å². The molecular weight excluding hydrogens is 252 g/mol. The van der Waals surface area contributed by atoms with Crippen LogP contribution in [0.3, 0.4) is 0 Å². The van der Waals surface area contributed by atoms with Gasteiger partial charge in [-0.25, -0.2) is 4.98 Å². The lowest BCUT2D eigenvalue weighted by Gasteiger charge is -2.06. The first-order valence-electron chi connectivity index (χ1n) is 5.95. The van der Waals surface area contributed by atoms with Crippen LogP contribution >= 0.6 is 23.1 Å². The molecular formula is C12H14N2OS2. The Balaban J connectivity index is 2.27. The zero-order chi connectivity index (χ0) is 11.8. The number of thioether (sulfide) groups is 1. The van der Waals surface area contributed by atoms with Crippen LogP contribution in [0, 0.1) is 0 Å². The van der Waals surface area contributed by atoms with Crippen molar-refractivity contribution in [3.05, 3.63) is 21.3 Å². The van der Waals surface area contributed by atoms with E-state index in [4.69, 9.17) is 0 Å². The summed E-state index contributed by atoms with van der Waals surface area (Å²) in [7, 11) is 0. The minimum atomic E-state index is 0.148. The molecule has 0 radical (unpaired) electrons. The Morgan fingerprint density at radius 3 is 3.18 bits per heavy atom. The summed E-state index contributed by atoms with van der Waals surface area (Å²) in [5.74, 6) is 1.07. The van der Waals surface area contributed by atoms with Gasteiger partial charge >= 0.3 is 0 Å². The van der Waals surface area contributed by atoms with Gasteiger partial charge in [-0.2, -0.15) is 0 Å². The van der Waals surface area contributed by atoms with Gasteiger partial charge in [0.05, 0.1) is 5.39 Å². The summed E-state index contributed by atoms with van der Waals surface area (Å²) in [5.41, 5.74) is 0.148. The molecule has 0 atom stereocenters. The van der Waals surface area contributed by atoms with Crippen LogP contribution in [-0.2, 0) is 13.0 Å². The molecule has 0 aromatic carbocycles. The largest absolute Gasteiger partial charge is 0.287 e. The predicted molar refractivity (Wildman–Crippen MR) is 73.2 cm³/mol. The van der Waals surface area contributed by atoms with Gasteiger partial charge in [-0.05, 0) is 25.3 Å². The maximum Gasteiger partial charge on any atom is 0.262 e. The Hall–Kier alpha value is -0.810. The molecule has 5 heteroatoms. The number of fused-ring (bicyclic) bond motifs is 2. The van der Waals surface area contributed by atoms with Crippen LogP contribution in [0.2, 0.25) is 0 Å². The van der Waals surface area contributed by atoms with Crippen molar-refractivity contribution in [2.75, 3.05) is 5.75 Å². The third kappa shape index (κ3) is 1.91. The van der Waals surface area contributed by atoms with Crippen LogP contribution in [0.15, 0.2) is 16.0 Å². The Morgan fingerprint density at radius 2 is 2.35 bits per heavy atom. The summed E-state index contributed by atoms with van der Waals surface area (Å²) >= 11 is 3.37. The Morgan fingerprint density at radius 1 is 1.47 bits per heavy atom. The van der Waals surface area contributed by atoms with Crippen LogP contribution in [0.4, 0.5) is 0 Å². The zero-order valence-electron chi connectivity index (χ0n) is 9.73. The van der Waals surface area contributed by atoms with Crippen LogP contribution < -0.4 is 5.56 Å². The van der Waals surface area contributed by atoms with Crippen molar-refractivity contribution in [2.24, 2.45) is 0 Å². The summed E-state index contributed by atoms with van der Waals surface area (Å²) in [5, 5.41) is 1.71. The topological polar surface area (TPSA) is 34.9 Å². The van der Waals surface area contributed by atoms with E-state index < -0.39 is 0 Å². The van der Waals surface area contributed by atoms with Crippen LogP contribution in [0.25, 0.3) is 10.2 Å². The SMILES string of the molecule is CCc1cc2c(=O)n3c(nc2s1)SCCCC3. The molecule has 1 aliphatic heterocycles. The number of nitrogens with zero attached hydrogens (tertiary/aromatic N) is 2. The summed E-state index contributed by atoms with van der Waals surface area (Å²) in [4.78, 5) is 19.2. The number of aryl methyl sites for hydroxylation is 1. The number of aromatic nitrogens is 2. The number of hydrogen-bond acceptors (Lipinski definition) is 4. The number of rotatable bonds is 1. The van der Waals surface area contributed by atoms with E-state index in [1.165, 1.54) is 11.3 Å². The monoisotopic (exact) mass is 266 g/mol. The summed E-state index contributed by atoms with van der Waals surface area (Å²) in [6, 6.07) is 2.01. The first-order valence-corrected chi connectivity index (χ1v) is 7.76. The molecule has 0 spiro atoms. The fourth-order valence-electron chi connectivity index (χ4n) is 2.06. The number of hydrogen-bond donors (Lipinski definition) is 0. The highest BCUT2D eigenvalue weighted by Crippen LogP contribution is 2.27. The van der Waals surface area contributed by atoms with E-state index in [0.717, 1.165) is 40.5 Å². The van der Waals surface area contributed by atoms with Gasteiger partial charge in [0.2, 0.25) is 0 Å². The van der Waals surface area contributed by atoms with Gasteiger partial charge in [0.15, 0.2) is 5.16 Å². The van der Waals surface area contributed by atoms with Gasteiger partial charge in [-0.1, -0.05) is 18.7 Å². The van der Waals surface area contributed by atoms with E-state index >= 15 is 0 Å². The lowest BCUT2D eigenvalue weighted by molar-refractivity contribution is 0.572. The highest BCUT2D eigenvalue weighted by atomic mass is 32.2. The molecule has 1 aliphatic rings. The van der Waals surface area contributed by atoms with Crippen LogP contribution in [0.5, 0.6) is 0 Å². The molecule has 0 bridgehead atoms. The maximum atomic E-state index is 12.4. The van der Waals surface area contributed by atoms with Gasteiger partial charge in [0, 0.05) is 17.2 Å². The van der Waals surface area contributed by atoms with Crippen molar-refractivity contribution >= 4 is 33.3 Å². The van der Waals surface area contributed by atoms with E-state index in [1.807, 2.05) is 10.6 Å². The lowest BCUT2D eigenvalue weighted by Crippen LogP contribution is -2.21. The van der Waals surface area contributed by atoms with Gasteiger partial charge in [-0.3, -0.25) is 9.36 Å². The zero-order valence-corrected chi connectivity index (χ0v) is 11.4. The van der Waals surface area contributed by atoms with Crippen molar-refractivity contribution in [1.29, 1.82) is 0 Å². The van der Waals surface area contributed by atoms with Gasteiger partial charge in [-0.15, -0.1) is 11.3 Å². The standard InChI is InChI=1S/C12H14N2OS2/c1-2-8-7-9-10(17-8)13-12-14(11(9)15)5-3-4-6-16-12/h7H,2-6H2,1H3.